The average molecular weight is 265 g/mol. The molecule has 0 fully saturated rings. The largest absolute Gasteiger partial charge is 0.370 e. The molecule has 0 saturated carbocycles. The number of hydrogen-bond acceptors (Lipinski definition) is 5. The lowest BCUT2D eigenvalue weighted by Crippen LogP contribution is -2.29. The highest BCUT2D eigenvalue weighted by Gasteiger charge is 2.05. The molecule has 19 heavy (non-hydrogen) atoms. The molecule has 0 bridgehead atoms. The average Bonchev–Trinajstić information content (AvgIpc) is 2.43. The van der Waals surface area contributed by atoms with Gasteiger partial charge in [-0.25, -0.2) is 9.97 Å². The Labute approximate surface area is 114 Å². The summed E-state index contributed by atoms with van der Waals surface area (Å²) < 4.78 is 0. The van der Waals surface area contributed by atoms with E-state index in [1.807, 2.05) is 19.9 Å². The molecule has 0 saturated heterocycles. The number of amides is 1. The van der Waals surface area contributed by atoms with E-state index in [4.69, 9.17) is 0 Å². The van der Waals surface area contributed by atoms with E-state index >= 15 is 0 Å². The molecule has 1 heterocycles. The third kappa shape index (κ3) is 5.54. The van der Waals surface area contributed by atoms with E-state index < -0.39 is 0 Å². The lowest BCUT2D eigenvalue weighted by atomic mass is 10.4. The molecule has 0 aromatic carbocycles. The summed E-state index contributed by atoms with van der Waals surface area (Å²) >= 11 is 0. The Kier molecular flexibility index (Phi) is 6.63. The predicted octanol–water partition coefficient (Wildman–Crippen LogP) is 1.41. The molecule has 0 unspecified atom stereocenters. The van der Waals surface area contributed by atoms with Crippen LogP contribution in [0.25, 0.3) is 0 Å². The van der Waals surface area contributed by atoms with Gasteiger partial charge in [0.1, 0.15) is 17.5 Å². The molecule has 1 aromatic heterocycles. The lowest BCUT2D eigenvalue weighted by Gasteiger charge is -2.10. The third-order valence-electron chi connectivity index (χ3n) is 2.45. The normalized spacial score (nSPS) is 10.1. The number of aromatic nitrogens is 2. The summed E-state index contributed by atoms with van der Waals surface area (Å²) in [5, 5.41) is 8.98. The Hall–Kier alpha value is -1.85. The van der Waals surface area contributed by atoms with Gasteiger partial charge >= 0.3 is 0 Å². The van der Waals surface area contributed by atoms with Crippen LogP contribution in [0, 0.1) is 0 Å². The second-order valence-corrected chi connectivity index (χ2v) is 4.14. The van der Waals surface area contributed by atoms with Crippen molar-refractivity contribution in [3.05, 3.63) is 11.9 Å². The van der Waals surface area contributed by atoms with Crippen molar-refractivity contribution in [3.8, 4) is 0 Å². The number of carbonyl (C=O) groups is 1. The van der Waals surface area contributed by atoms with Gasteiger partial charge in [-0.05, 0) is 13.3 Å². The summed E-state index contributed by atoms with van der Waals surface area (Å²) in [6.45, 7) is 7.73. The van der Waals surface area contributed by atoms with E-state index in [9.17, 15) is 4.79 Å². The zero-order valence-electron chi connectivity index (χ0n) is 11.9. The molecule has 6 heteroatoms. The number of nitrogens with zero attached hydrogens (tertiary/aromatic N) is 2. The van der Waals surface area contributed by atoms with Crippen LogP contribution >= 0.6 is 0 Å². The number of likely N-dealkylation sites (N-methyl/N-ethyl adjacent to an activating group) is 1. The Bertz CT molecular complexity index is 408. The van der Waals surface area contributed by atoms with Gasteiger partial charge in [-0.2, -0.15) is 0 Å². The molecule has 1 amide bonds. The van der Waals surface area contributed by atoms with Crippen molar-refractivity contribution in [2.45, 2.75) is 33.6 Å². The van der Waals surface area contributed by atoms with Crippen LogP contribution in [-0.2, 0) is 11.2 Å². The van der Waals surface area contributed by atoms with Crippen LogP contribution in [0.3, 0.4) is 0 Å². The predicted molar refractivity (Wildman–Crippen MR) is 77.4 cm³/mol. The summed E-state index contributed by atoms with van der Waals surface area (Å²) in [4.78, 5) is 20.1. The van der Waals surface area contributed by atoms with Crippen molar-refractivity contribution in [3.63, 3.8) is 0 Å². The lowest BCUT2D eigenvalue weighted by molar-refractivity contribution is -0.119. The molecule has 106 valence electrons. The maximum absolute atomic E-state index is 11.4. The Morgan fingerprint density at radius 3 is 2.42 bits per heavy atom. The first-order chi connectivity index (χ1) is 9.19. The highest BCUT2D eigenvalue weighted by atomic mass is 16.1. The first kappa shape index (κ1) is 15.2. The van der Waals surface area contributed by atoms with Gasteiger partial charge in [-0.3, -0.25) is 4.79 Å². The second kappa shape index (κ2) is 8.29. The van der Waals surface area contributed by atoms with Gasteiger partial charge in [0.05, 0.1) is 6.54 Å². The minimum Gasteiger partial charge on any atom is -0.370 e. The van der Waals surface area contributed by atoms with Gasteiger partial charge in [0.25, 0.3) is 0 Å². The van der Waals surface area contributed by atoms with Gasteiger partial charge in [-0.1, -0.05) is 13.8 Å². The molecular weight excluding hydrogens is 242 g/mol. The first-order valence-corrected chi connectivity index (χ1v) is 6.81. The maximum atomic E-state index is 11.4. The van der Waals surface area contributed by atoms with Crippen molar-refractivity contribution in [1.29, 1.82) is 0 Å². The van der Waals surface area contributed by atoms with Crippen molar-refractivity contribution in [2.75, 3.05) is 30.3 Å². The van der Waals surface area contributed by atoms with E-state index in [0.29, 0.717) is 12.4 Å². The molecule has 0 atom stereocenters. The van der Waals surface area contributed by atoms with Crippen LogP contribution in [-0.4, -0.2) is 35.5 Å². The fourth-order valence-corrected chi connectivity index (χ4v) is 1.52. The molecule has 0 aliphatic carbocycles. The van der Waals surface area contributed by atoms with Crippen molar-refractivity contribution >= 4 is 17.5 Å². The van der Waals surface area contributed by atoms with Crippen molar-refractivity contribution in [1.82, 2.24) is 15.3 Å². The van der Waals surface area contributed by atoms with E-state index in [0.717, 1.165) is 31.0 Å². The van der Waals surface area contributed by atoms with E-state index in [1.54, 1.807) is 0 Å². The maximum Gasteiger partial charge on any atom is 0.239 e. The summed E-state index contributed by atoms with van der Waals surface area (Å²) in [6, 6.07) is 1.83. The quantitative estimate of drug-likeness (QED) is 0.662. The molecule has 3 N–H and O–H groups in total. The van der Waals surface area contributed by atoms with E-state index in [2.05, 4.69) is 32.8 Å². The fourth-order valence-electron chi connectivity index (χ4n) is 1.52. The summed E-state index contributed by atoms with van der Waals surface area (Å²) in [7, 11) is 0. The zero-order valence-corrected chi connectivity index (χ0v) is 11.9. The first-order valence-electron chi connectivity index (χ1n) is 6.81. The highest BCUT2D eigenvalue weighted by molar-refractivity contribution is 5.80. The molecule has 1 aromatic rings. The second-order valence-electron chi connectivity index (χ2n) is 4.14. The molecule has 1 rings (SSSR count). The Morgan fingerprint density at radius 2 is 1.84 bits per heavy atom. The third-order valence-corrected chi connectivity index (χ3v) is 2.45. The number of hydrogen-bond donors (Lipinski definition) is 3. The van der Waals surface area contributed by atoms with Crippen LogP contribution in [0.4, 0.5) is 11.6 Å². The minimum absolute atomic E-state index is 0.0396. The number of carbonyl (C=O) groups excluding carboxylic acids is 1. The topological polar surface area (TPSA) is 78.9 Å². The molecule has 0 aliphatic heterocycles. The van der Waals surface area contributed by atoms with E-state index in [-0.39, 0.29) is 12.5 Å². The van der Waals surface area contributed by atoms with Crippen LogP contribution in [0.5, 0.6) is 0 Å². The minimum atomic E-state index is -0.0396. The van der Waals surface area contributed by atoms with Gasteiger partial charge in [0.2, 0.25) is 5.91 Å². The smallest absolute Gasteiger partial charge is 0.239 e. The molecular formula is C13H23N5O. The molecule has 6 nitrogen and oxygen atoms in total. The molecule has 0 spiro atoms. The van der Waals surface area contributed by atoms with Crippen molar-refractivity contribution in [2.24, 2.45) is 0 Å². The van der Waals surface area contributed by atoms with Gasteiger partial charge in [-0.15, -0.1) is 0 Å². The van der Waals surface area contributed by atoms with Crippen LogP contribution in [0.2, 0.25) is 0 Å². The summed E-state index contributed by atoms with van der Waals surface area (Å²) in [6.07, 6.45) is 1.80. The summed E-state index contributed by atoms with van der Waals surface area (Å²) in [5.41, 5.74) is 0. The van der Waals surface area contributed by atoms with Gasteiger partial charge in [0, 0.05) is 25.6 Å². The van der Waals surface area contributed by atoms with Crippen LogP contribution in [0.15, 0.2) is 6.07 Å². The van der Waals surface area contributed by atoms with Crippen molar-refractivity contribution < 1.29 is 4.79 Å². The highest BCUT2D eigenvalue weighted by Crippen LogP contribution is 2.11. The summed E-state index contributed by atoms with van der Waals surface area (Å²) in [5.74, 6) is 2.20. The van der Waals surface area contributed by atoms with Crippen LogP contribution in [0.1, 0.15) is 33.0 Å². The van der Waals surface area contributed by atoms with Gasteiger partial charge in [0.15, 0.2) is 0 Å². The zero-order chi connectivity index (χ0) is 14.1. The fraction of sp³-hybridized carbons (Fsp3) is 0.615. The SMILES string of the molecule is CCCNc1cc(NCC(=O)NCC)nc(CC)n1. The number of anilines is 2. The molecule has 0 radical (unpaired) electrons. The van der Waals surface area contributed by atoms with Crippen LogP contribution < -0.4 is 16.0 Å². The number of rotatable bonds is 8. The Balaban J connectivity index is 2.67. The molecule has 0 aliphatic rings. The van der Waals surface area contributed by atoms with Gasteiger partial charge < -0.3 is 16.0 Å². The number of nitrogens with one attached hydrogen (secondary N) is 3. The standard InChI is InChI=1S/C13H23N5O/c1-4-7-15-11-8-12(18-10(5-2)17-11)16-9-13(19)14-6-3/h8H,4-7,9H2,1-3H3,(H,14,19)(H2,15,16,17,18). The number of aryl methyl sites for hydroxylation is 1. The Morgan fingerprint density at radius 1 is 1.16 bits per heavy atom. The monoisotopic (exact) mass is 265 g/mol. The van der Waals surface area contributed by atoms with E-state index in [1.165, 1.54) is 0 Å².